The summed E-state index contributed by atoms with van der Waals surface area (Å²) in [5.74, 6) is 0.0348. The maximum Gasteiger partial charge on any atom is 0.265 e. The Morgan fingerprint density at radius 3 is 2.65 bits per heavy atom. The molecular weight excluding hydrogens is 392 g/mol. The van der Waals surface area contributed by atoms with Gasteiger partial charge in [0.2, 0.25) is 0 Å². The second-order valence-electron chi connectivity index (χ2n) is 6.94. The molecule has 0 spiro atoms. The molecule has 31 heavy (non-hydrogen) atoms. The summed E-state index contributed by atoms with van der Waals surface area (Å²) in [6, 6.07) is 22.8. The highest BCUT2D eigenvalue weighted by Gasteiger charge is 2.16. The molecule has 0 aliphatic rings. The first-order valence-corrected chi connectivity index (χ1v) is 9.64. The Hall–Kier alpha value is -4.37. The number of ether oxygens (including phenoxy) is 1. The number of hydrogen-bond acceptors (Lipinski definition) is 5. The van der Waals surface area contributed by atoms with E-state index in [-0.39, 0.29) is 11.3 Å². The van der Waals surface area contributed by atoms with Crippen LogP contribution in [0, 0.1) is 11.3 Å². The van der Waals surface area contributed by atoms with Crippen LogP contribution in [0.3, 0.4) is 0 Å². The normalized spacial score (nSPS) is 11.5. The van der Waals surface area contributed by atoms with Crippen LogP contribution < -0.4 is 15.5 Å². The van der Waals surface area contributed by atoms with E-state index in [9.17, 15) is 9.59 Å². The van der Waals surface area contributed by atoms with E-state index < -0.39 is 6.10 Å². The average Bonchev–Trinajstić information content (AvgIpc) is 2.80. The summed E-state index contributed by atoms with van der Waals surface area (Å²) in [6.45, 7) is 1.61. The molecule has 1 atom stereocenters. The Bertz CT molecular complexity index is 1350. The van der Waals surface area contributed by atoms with Crippen molar-refractivity contribution >= 4 is 22.6 Å². The minimum atomic E-state index is -0.807. The molecule has 6 nitrogen and oxygen atoms in total. The summed E-state index contributed by atoms with van der Waals surface area (Å²) in [4.78, 5) is 25.3. The van der Waals surface area contributed by atoms with Crippen molar-refractivity contribution in [1.29, 1.82) is 5.26 Å². The third kappa shape index (κ3) is 4.31. The molecule has 3 aromatic carbocycles. The molecule has 152 valence electrons. The first-order valence-electron chi connectivity index (χ1n) is 9.64. The van der Waals surface area contributed by atoms with Gasteiger partial charge in [-0.1, -0.05) is 36.4 Å². The van der Waals surface area contributed by atoms with E-state index in [1.807, 2.05) is 36.4 Å². The van der Waals surface area contributed by atoms with Crippen molar-refractivity contribution in [2.75, 3.05) is 5.32 Å². The van der Waals surface area contributed by atoms with Crippen molar-refractivity contribution in [1.82, 2.24) is 0 Å². The molecule has 1 N–H and O–H groups in total. The number of nitrogens with one attached hydrogen (secondary N) is 1. The van der Waals surface area contributed by atoms with Gasteiger partial charge in [0.15, 0.2) is 11.5 Å². The molecule has 0 unspecified atom stereocenters. The maximum atomic E-state index is 12.8. The van der Waals surface area contributed by atoms with E-state index >= 15 is 0 Å². The van der Waals surface area contributed by atoms with Crippen LogP contribution in [0.1, 0.15) is 12.5 Å². The van der Waals surface area contributed by atoms with Gasteiger partial charge in [-0.05, 0) is 42.8 Å². The van der Waals surface area contributed by atoms with E-state index in [0.717, 1.165) is 5.56 Å². The molecule has 0 fully saturated rings. The highest BCUT2D eigenvalue weighted by atomic mass is 16.5. The highest BCUT2D eigenvalue weighted by molar-refractivity contribution is 5.94. The minimum absolute atomic E-state index is 0.137. The molecule has 0 aliphatic heterocycles. The Kier molecular flexibility index (Phi) is 5.50. The molecule has 1 heterocycles. The van der Waals surface area contributed by atoms with Gasteiger partial charge in [-0.2, -0.15) is 5.26 Å². The first-order chi connectivity index (χ1) is 15.0. The fraction of sp³-hybridized carbons (Fsp3) is 0.0800. The van der Waals surface area contributed by atoms with Gasteiger partial charge in [0.1, 0.15) is 17.6 Å². The van der Waals surface area contributed by atoms with Crippen LogP contribution in [0.4, 0.5) is 5.69 Å². The standard InChI is InChI=1S/C25H18N2O4/c1-16(25(29)27-19-9-5-6-17(12-19)14-26)31-20-10-11-21-23(13-20)30-15-22(24(21)28)18-7-3-2-4-8-18/h2-13,15-16H,1H3,(H,27,29)/t16-/m0/s1. The number of rotatable bonds is 5. The Balaban J connectivity index is 1.52. The largest absolute Gasteiger partial charge is 0.481 e. The van der Waals surface area contributed by atoms with Gasteiger partial charge in [-0.3, -0.25) is 9.59 Å². The molecule has 6 heteroatoms. The fourth-order valence-electron chi connectivity index (χ4n) is 3.17. The van der Waals surface area contributed by atoms with Crippen LogP contribution in [0.15, 0.2) is 88.3 Å². The number of carbonyl (C=O) groups is 1. The van der Waals surface area contributed by atoms with Gasteiger partial charge in [0, 0.05) is 11.8 Å². The lowest BCUT2D eigenvalue weighted by molar-refractivity contribution is -0.122. The third-order valence-electron chi connectivity index (χ3n) is 4.77. The third-order valence-corrected chi connectivity index (χ3v) is 4.77. The summed E-state index contributed by atoms with van der Waals surface area (Å²) < 4.78 is 11.4. The molecule has 4 aromatic rings. The Labute approximate surface area is 178 Å². The van der Waals surface area contributed by atoms with Crippen LogP contribution in [-0.2, 0) is 4.79 Å². The van der Waals surface area contributed by atoms with E-state index in [1.54, 1.807) is 49.4 Å². The molecule has 1 amide bonds. The summed E-state index contributed by atoms with van der Waals surface area (Å²) in [6.07, 6.45) is 0.626. The fourth-order valence-corrected chi connectivity index (χ4v) is 3.17. The highest BCUT2D eigenvalue weighted by Crippen LogP contribution is 2.24. The summed E-state index contributed by atoms with van der Waals surface area (Å²) >= 11 is 0. The molecule has 0 saturated carbocycles. The van der Waals surface area contributed by atoms with Crippen molar-refractivity contribution in [3.05, 3.63) is 94.8 Å². The lowest BCUT2D eigenvalue weighted by Gasteiger charge is -2.15. The van der Waals surface area contributed by atoms with Gasteiger partial charge in [0.25, 0.3) is 5.91 Å². The topological polar surface area (TPSA) is 92.3 Å². The zero-order valence-electron chi connectivity index (χ0n) is 16.7. The number of hydrogen-bond donors (Lipinski definition) is 1. The van der Waals surface area contributed by atoms with E-state index in [1.165, 1.54) is 6.26 Å². The Morgan fingerprint density at radius 2 is 1.87 bits per heavy atom. The zero-order chi connectivity index (χ0) is 21.8. The van der Waals surface area contributed by atoms with Crippen LogP contribution in [-0.4, -0.2) is 12.0 Å². The SMILES string of the molecule is C[C@H](Oc1ccc2c(=O)c(-c3ccccc3)coc2c1)C(=O)Nc1cccc(C#N)c1. The molecular formula is C25H18N2O4. The lowest BCUT2D eigenvalue weighted by Crippen LogP contribution is -2.30. The molecule has 0 aliphatic carbocycles. The molecule has 0 saturated heterocycles. The smallest absolute Gasteiger partial charge is 0.265 e. The van der Waals surface area contributed by atoms with Crippen LogP contribution in [0.5, 0.6) is 5.75 Å². The summed E-state index contributed by atoms with van der Waals surface area (Å²) in [5.41, 5.74) is 2.46. The number of amides is 1. The number of anilines is 1. The summed E-state index contributed by atoms with van der Waals surface area (Å²) in [5, 5.41) is 12.1. The van der Waals surface area contributed by atoms with Crippen LogP contribution >= 0.6 is 0 Å². The quantitative estimate of drug-likeness (QED) is 0.513. The minimum Gasteiger partial charge on any atom is -0.481 e. The van der Waals surface area contributed by atoms with E-state index in [0.29, 0.717) is 33.5 Å². The Morgan fingerprint density at radius 1 is 1.06 bits per heavy atom. The molecule has 0 radical (unpaired) electrons. The maximum absolute atomic E-state index is 12.8. The lowest BCUT2D eigenvalue weighted by atomic mass is 10.1. The second-order valence-corrected chi connectivity index (χ2v) is 6.94. The predicted molar refractivity (Wildman–Crippen MR) is 118 cm³/mol. The van der Waals surface area contributed by atoms with Crippen molar-refractivity contribution in [3.8, 4) is 22.9 Å². The van der Waals surface area contributed by atoms with Crippen LogP contribution in [0.2, 0.25) is 0 Å². The van der Waals surface area contributed by atoms with E-state index in [4.69, 9.17) is 14.4 Å². The van der Waals surface area contributed by atoms with Crippen molar-refractivity contribution in [3.63, 3.8) is 0 Å². The van der Waals surface area contributed by atoms with Crippen molar-refractivity contribution in [2.24, 2.45) is 0 Å². The molecule has 4 rings (SSSR count). The molecule has 1 aromatic heterocycles. The predicted octanol–water partition coefficient (Wildman–Crippen LogP) is 4.74. The number of benzene rings is 3. The number of carbonyl (C=O) groups excluding carboxylic acids is 1. The monoisotopic (exact) mass is 410 g/mol. The molecule has 0 bridgehead atoms. The number of nitrogens with zero attached hydrogens (tertiary/aromatic N) is 1. The van der Waals surface area contributed by atoms with Crippen LogP contribution in [0.25, 0.3) is 22.1 Å². The second kappa shape index (κ2) is 8.56. The van der Waals surface area contributed by atoms with Gasteiger partial charge in [0.05, 0.1) is 22.6 Å². The number of nitriles is 1. The number of fused-ring (bicyclic) bond motifs is 1. The zero-order valence-corrected chi connectivity index (χ0v) is 16.7. The van der Waals surface area contributed by atoms with Gasteiger partial charge in [-0.15, -0.1) is 0 Å². The van der Waals surface area contributed by atoms with Crippen molar-refractivity contribution in [2.45, 2.75) is 13.0 Å². The first kappa shape index (κ1) is 19.9. The van der Waals surface area contributed by atoms with Gasteiger partial charge < -0.3 is 14.5 Å². The van der Waals surface area contributed by atoms with Crippen molar-refractivity contribution < 1.29 is 13.9 Å². The van der Waals surface area contributed by atoms with Gasteiger partial charge in [-0.25, -0.2) is 0 Å². The summed E-state index contributed by atoms with van der Waals surface area (Å²) in [7, 11) is 0. The van der Waals surface area contributed by atoms with E-state index in [2.05, 4.69) is 5.32 Å². The average molecular weight is 410 g/mol. The van der Waals surface area contributed by atoms with Gasteiger partial charge >= 0.3 is 0 Å².